The number of hydrogen-bond acceptors (Lipinski definition) is 3. The molecule has 3 aromatic carbocycles. The highest BCUT2D eigenvalue weighted by atomic mass is 16.6. The molecular weight excluding hydrogens is 352 g/mol. The van der Waals surface area contributed by atoms with Gasteiger partial charge >= 0.3 is 0 Å². The highest BCUT2D eigenvalue weighted by Crippen LogP contribution is 2.34. The molecule has 1 aromatic heterocycles. The molecule has 0 radical (unpaired) electrons. The Bertz CT molecular complexity index is 1130. The Balaban J connectivity index is 1.70. The fourth-order valence-electron chi connectivity index (χ4n) is 3.55. The minimum atomic E-state index is -0.465. The smallest absolute Gasteiger partial charge is 0.269 e. The van der Waals surface area contributed by atoms with Crippen LogP contribution in [0.5, 0.6) is 0 Å². The Morgan fingerprint density at radius 3 is 2.32 bits per heavy atom. The van der Waals surface area contributed by atoms with Gasteiger partial charge in [0.1, 0.15) is 0 Å². The van der Waals surface area contributed by atoms with Gasteiger partial charge in [0.05, 0.1) is 4.92 Å². The van der Waals surface area contributed by atoms with Crippen molar-refractivity contribution in [3.8, 4) is 0 Å². The molecule has 0 aliphatic carbocycles. The summed E-state index contributed by atoms with van der Waals surface area (Å²) in [7, 11) is 0. The molecule has 0 aliphatic rings. The summed E-state index contributed by atoms with van der Waals surface area (Å²) in [5.74, 6) is -0.158. The predicted octanol–water partition coefficient (Wildman–Crippen LogP) is 5.48. The molecule has 4 aromatic rings. The lowest BCUT2D eigenvalue weighted by atomic mass is 9.85. The maximum atomic E-state index is 13.0. The van der Waals surface area contributed by atoms with Crippen LogP contribution in [0.4, 0.5) is 5.69 Å². The van der Waals surface area contributed by atoms with E-state index in [-0.39, 0.29) is 23.8 Å². The number of carbonyl (C=O) groups excluding carboxylic acids is 1. The molecule has 4 rings (SSSR count). The Morgan fingerprint density at radius 2 is 1.61 bits per heavy atom. The van der Waals surface area contributed by atoms with Crippen LogP contribution in [-0.2, 0) is 0 Å². The molecule has 0 saturated carbocycles. The molecule has 1 heterocycles. The number of para-hydroxylation sites is 1. The number of H-pyrrole nitrogens is 1. The Hall–Kier alpha value is -3.73. The third-order valence-electron chi connectivity index (χ3n) is 4.99. The van der Waals surface area contributed by atoms with Gasteiger partial charge in [0.15, 0.2) is 5.78 Å². The SMILES string of the molecule is O=C(CC(c1ccccc1)c1c[nH]c2ccccc12)c1ccc([N+](=O)[O-])cc1. The number of nitro benzene ring substituents is 1. The second kappa shape index (κ2) is 7.48. The summed E-state index contributed by atoms with van der Waals surface area (Å²) >= 11 is 0. The molecule has 0 saturated heterocycles. The third kappa shape index (κ3) is 3.42. The van der Waals surface area contributed by atoms with Crippen LogP contribution in [-0.4, -0.2) is 15.7 Å². The van der Waals surface area contributed by atoms with E-state index in [1.54, 1.807) is 0 Å². The summed E-state index contributed by atoms with van der Waals surface area (Å²) < 4.78 is 0. The Labute approximate surface area is 161 Å². The molecule has 0 spiro atoms. The van der Waals surface area contributed by atoms with Gasteiger partial charge in [-0.05, 0) is 29.3 Å². The number of aromatic amines is 1. The maximum absolute atomic E-state index is 13.0. The first-order valence-electron chi connectivity index (χ1n) is 9.02. The molecule has 0 bridgehead atoms. The zero-order valence-electron chi connectivity index (χ0n) is 15.0. The van der Waals surface area contributed by atoms with Gasteiger partial charge in [-0.2, -0.15) is 0 Å². The maximum Gasteiger partial charge on any atom is 0.269 e. The fraction of sp³-hybridized carbons (Fsp3) is 0.0870. The van der Waals surface area contributed by atoms with Crippen molar-refractivity contribution >= 4 is 22.4 Å². The number of ketones is 1. The van der Waals surface area contributed by atoms with E-state index in [2.05, 4.69) is 4.98 Å². The predicted molar refractivity (Wildman–Crippen MR) is 109 cm³/mol. The van der Waals surface area contributed by atoms with Gasteiger partial charge in [-0.25, -0.2) is 0 Å². The third-order valence-corrected chi connectivity index (χ3v) is 4.99. The van der Waals surface area contributed by atoms with E-state index in [1.165, 1.54) is 24.3 Å². The first-order valence-corrected chi connectivity index (χ1v) is 9.02. The van der Waals surface area contributed by atoms with Crippen molar-refractivity contribution in [2.75, 3.05) is 0 Å². The molecule has 5 heteroatoms. The highest BCUT2D eigenvalue weighted by molar-refractivity contribution is 5.97. The first kappa shape index (κ1) is 17.7. The largest absolute Gasteiger partial charge is 0.361 e. The van der Waals surface area contributed by atoms with Crippen LogP contribution in [0, 0.1) is 10.1 Å². The molecule has 0 amide bonds. The average molecular weight is 370 g/mol. The summed E-state index contributed by atoms with van der Waals surface area (Å²) in [5, 5.41) is 11.9. The van der Waals surface area contributed by atoms with Crippen molar-refractivity contribution in [1.82, 2.24) is 4.98 Å². The number of non-ortho nitro benzene ring substituents is 1. The second-order valence-electron chi connectivity index (χ2n) is 6.68. The summed E-state index contributed by atoms with van der Waals surface area (Å²) in [6.45, 7) is 0. The number of carbonyl (C=O) groups is 1. The van der Waals surface area contributed by atoms with Crippen LogP contribution in [0.3, 0.4) is 0 Å². The molecule has 0 aliphatic heterocycles. The molecular formula is C23H18N2O3. The summed E-state index contributed by atoms with van der Waals surface area (Å²) in [5.41, 5.74) is 3.61. The number of aromatic nitrogens is 1. The van der Waals surface area contributed by atoms with Crippen molar-refractivity contribution in [3.63, 3.8) is 0 Å². The topological polar surface area (TPSA) is 76.0 Å². The lowest BCUT2D eigenvalue weighted by Gasteiger charge is -2.17. The zero-order chi connectivity index (χ0) is 19.5. The Morgan fingerprint density at radius 1 is 0.929 bits per heavy atom. The van der Waals surface area contributed by atoms with Gasteiger partial charge in [-0.1, -0.05) is 48.5 Å². The van der Waals surface area contributed by atoms with Crippen LogP contribution >= 0.6 is 0 Å². The second-order valence-corrected chi connectivity index (χ2v) is 6.68. The lowest BCUT2D eigenvalue weighted by molar-refractivity contribution is -0.384. The Kier molecular flexibility index (Phi) is 4.72. The van der Waals surface area contributed by atoms with E-state index in [0.29, 0.717) is 5.56 Å². The first-order chi connectivity index (χ1) is 13.6. The number of Topliss-reactive ketones (excluding diaryl/α,β-unsaturated/α-hetero) is 1. The number of nitro groups is 1. The highest BCUT2D eigenvalue weighted by Gasteiger charge is 2.22. The van der Waals surface area contributed by atoms with Crippen molar-refractivity contribution in [2.45, 2.75) is 12.3 Å². The van der Waals surface area contributed by atoms with Crippen molar-refractivity contribution in [2.24, 2.45) is 0 Å². The van der Waals surface area contributed by atoms with Crippen LogP contribution in [0.25, 0.3) is 10.9 Å². The van der Waals surface area contributed by atoms with E-state index in [4.69, 9.17) is 0 Å². The van der Waals surface area contributed by atoms with Gasteiger partial charge in [-0.3, -0.25) is 14.9 Å². The van der Waals surface area contributed by atoms with E-state index in [9.17, 15) is 14.9 Å². The molecule has 1 N–H and O–H groups in total. The van der Waals surface area contributed by atoms with E-state index < -0.39 is 4.92 Å². The summed E-state index contributed by atoms with van der Waals surface area (Å²) in [6, 6.07) is 23.7. The van der Waals surface area contributed by atoms with Gasteiger partial charge in [0, 0.05) is 47.1 Å². The summed E-state index contributed by atoms with van der Waals surface area (Å²) in [4.78, 5) is 26.6. The molecule has 1 unspecified atom stereocenters. The van der Waals surface area contributed by atoms with Crippen molar-refractivity contribution < 1.29 is 9.72 Å². The van der Waals surface area contributed by atoms with Crippen LogP contribution in [0.1, 0.15) is 33.8 Å². The van der Waals surface area contributed by atoms with Gasteiger partial charge in [0.25, 0.3) is 5.69 Å². The number of hydrogen-bond donors (Lipinski definition) is 1. The minimum Gasteiger partial charge on any atom is -0.361 e. The van der Waals surface area contributed by atoms with Crippen LogP contribution in [0.2, 0.25) is 0 Å². The zero-order valence-corrected chi connectivity index (χ0v) is 15.0. The number of fused-ring (bicyclic) bond motifs is 1. The van der Waals surface area contributed by atoms with Gasteiger partial charge < -0.3 is 4.98 Å². The van der Waals surface area contributed by atoms with E-state index in [0.717, 1.165) is 22.0 Å². The molecule has 5 nitrogen and oxygen atoms in total. The standard InChI is InChI=1S/C23H18N2O3/c26-23(17-10-12-18(13-11-17)25(27)28)14-20(16-6-2-1-3-7-16)21-15-24-22-9-5-4-8-19(21)22/h1-13,15,20,24H,14H2. The number of nitrogens with zero attached hydrogens (tertiary/aromatic N) is 1. The molecule has 28 heavy (non-hydrogen) atoms. The average Bonchev–Trinajstić information content (AvgIpc) is 3.16. The van der Waals surface area contributed by atoms with Crippen LogP contribution in [0.15, 0.2) is 85.1 Å². The van der Waals surface area contributed by atoms with E-state index >= 15 is 0 Å². The quantitative estimate of drug-likeness (QED) is 0.277. The molecule has 1 atom stereocenters. The van der Waals surface area contributed by atoms with Crippen LogP contribution < -0.4 is 0 Å². The fourth-order valence-corrected chi connectivity index (χ4v) is 3.55. The van der Waals surface area contributed by atoms with Gasteiger partial charge in [-0.15, -0.1) is 0 Å². The van der Waals surface area contributed by atoms with Gasteiger partial charge in [0.2, 0.25) is 0 Å². The van der Waals surface area contributed by atoms with Crippen molar-refractivity contribution in [1.29, 1.82) is 0 Å². The summed E-state index contributed by atoms with van der Waals surface area (Å²) in [6.07, 6.45) is 2.25. The van der Waals surface area contributed by atoms with Crippen molar-refractivity contribution in [3.05, 3.63) is 112 Å². The molecule has 138 valence electrons. The number of rotatable bonds is 6. The number of nitrogens with one attached hydrogen (secondary N) is 1. The van der Waals surface area contributed by atoms with E-state index in [1.807, 2.05) is 60.8 Å². The lowest BCUT2D eigenvalue weighted by Crippen LogP contribution is -2.09. The monoisotopic (exact) mass is 370 g/mol. The molecule has 0 fully saturated rings. The normalized spacial score (nSPS) is 12.0. The minimum absolute atomic E-state index is 0.0206. The number of benzene rings is 3.